The molecule has 0 radical (unpaired) electrons. The van der Waals surface area contributed by atoms with E-state index in [4.69, 9.17) is 5.21 Å². The predicted octanol–water partition coefficient (Wildman–Crippen LogP) is 3.01. The topological polar surface area (TPSA) is 69.6 Å². The van der Waals surface area contributed by atoms with Crippen molar-refractivity contribution in [2.24, 2.45) is 0 Å². The van der Waals surface area contributed by atoms with Crippen molar-refractivity contribution in [3.05, 3.63) is 66.2 Å². The summed E-state index contributed by atoms with van der Waals surface area (Å²) >= 11 is 0. The van der Waals surface area contributed by atoms with Crippen LogP contribution >= 0.6 is 7.29 Å². The number of nitrogens with one attached hydrogen (secondary N) is 1. The van der Waals surface area contributed by atoms with Crippen molar-refractivity contribution in [2.75, 3.05) is 6.16 Å². The standard InChI is InChI=1S/C18H23N2O3P/c1-3-24(23,17-12-8-5-9-13-17)20(15(2)18(21)19-22)14-16-10-6-4-7-11-16/h4-13,15,22H,3,14H2,1-2H3,(H,19,21)/t15-,24+/m1/s1. The molecule has 0 saturated heterocycles. The lowest BCUT2D eigenvalue weighted by molar-refractivity contribution is -0.132. The number of nitrogens with zero attached hydrogens (tertiary/aromatic N) is 1. The molecule has 24 heavy (non-hydrogen) atoms. The van der Waals surface area contributed by atoms with E-state index in [9.17, 15) is 9.36 Å². The molecular formula is C18H23N2O3P. The molecule has 2 N–H and O–H groups in total. The highest BCUT2D eigenvalue weighted by Crippen LogP contribution is 2.50. The quantitative estimate of drug-likeness (QED) is 0.459. The van der Waals surface area contributed by atoms with E-state index in [1.54, 1.807) is 17.1 Å². The van der Waals surface area contributed by atoms with E-state index in [1.165, 1.54) is 0 Å². The first-order valence-electron chi connectivity index (χ1n) is 7.92. The summed E-state index contributed by atoms with van der Waals surface area (Å²) in [4.78, 5) is 12.0. The predicted molar refractivity (Wildman–Crippen MR) is 95.6 cm³/mol. The van der Waals surface area contributed by atoms with Gasteiger partial charge in [-0.15, -0.1) is 0 Å². The summed E-state index contributed by atoms with van der Waals surface area (Å²) in [6.45, 7) is 3.87. The molecule has 2 aromatic carbocycles. The Bertz CT molecular complexity index is 707. The van der Waals surface area contributed by atoms with Crippen LogP contribution in [0.3, 0.4) is 0 Å². The monoisotopic (exact) mass is 346 g/mol. The third kappa shape index (κ3) is 3.93. The van der Waals surface area contributed by atoms with Crippen LogP contribution in [0.5, 0.6) is 0 Å². The second-order valence-corrected chi connectivity index (χ2v) is 8.65. The molecule has 0 fully saturated rings. The lowest BCUT2D eigenvalue weighted by Crippen LogP contribution is -2.44. The third-order valence-electron chi connectivity index (χ3n) is 4.13. The van der Waals surface area contributed by atoms with Crippen LogP contribution in [0, 0.1) is 0 Å². The molecule has 1 amide bonds. The number of carbonyl (C=O) groups is 1. The average Bonchev–Trinajstić information content (AvgIpc) is 2.65. The molecule has 0 saturated carbocycles. The smallest absolute Gasteiger partial charge is 0.260 e. The van der Waals surface area contributed by atoms with Crippen LogP contribution in [0.25, 0.3) is 0 Å². The summed E-state index contributed by atoms with van der Waals surface area (Å²) in [5.74, 6) is -0.574. The minimum absolute atomic E-state index is 0.357. The Morgan fingerprint density at radius 3 is 2.17 bits per heavy atom. The van der Waals surface area contributed by atoms with Gasteiger partial charge in [0.2, 0.25) is 0 Å². The molecule has 6 heteroatoms. The average molecular weight is 346 g/mol. The summed E-state index contributed by atoms with van der Waals surface area (Å²) in [5.41, 5.74) is 2.63. The SMILES string of the molecule is CC[P@](=O)(c1ccccc1)N(Cc1ccccc1)[C@H](C)C(=O)NO. The Labute approximate surface area is 142 Å². The zero-order chi connectivity index (χ0) is 17.6. The summed E-state index contributed by atoms with van der Waals surface area (Å²) in [5, 5.41) is 9.72. The highest BCUT2D eigenvalue weighted by Gasteiger charge is 2.36. The molecule has 0 bridgehead atoms. The number of hydroxylamine groups is 1. The molecule has 0 unspecified atom stereocenters. The molecule has 128 valence electrons. The molecule has 2 rings (SSSR count). The molecule has 0 spiro atoms. The van der Waals surface area contributed by atoms with Gasteiger partial charge in [0.15, 0.2) is 7.29 Å². The second-order valence-electron chi connectivity index (χ2n) is 5.59. The van der Waals surface area contributed by atoms with Crippen LogP contribution in [0.15, 0.2) is 60.7 Å². The molecule has 0 aliphatic rings. The van der Waals surface area contributed by atoms with E-state index in [-0.39, 0.29) is 0 Å². The van der Waals surface area contributed by atoms with Gasteiger partial charge in [-0.2, -0.15) is 0 Å². The van der Waals surface area contributed by atoms with E-state index in [0.29, 0.717) is 18.0 Å². The molecule has 2 aromatic rings. The zero-order valence-corrected chi connectivity index (χ0v) is 14.8. The summed E-state index contributed by atoms with van der Waals surface area (Å²) < 4.78 is 15.5. The molecule has 0 aromatic heterocycles. The minimum atomic E-state index is -2.99. The van der Waals surface area contributed by atoms with Gasteiger partial charge in [-0.3, -0.25) is 10.0 Å². The first-order valence-corrected chi connectivity index (χ1v) is 9.77. The Morgan fingerprint density at radius 1 is 1.12 bits per heavy atom. The highest BCUT2D eigenvalue weighted by atomic mass is 31.2. The number of benzene rings is 2. The normalized spacial score (nSPS) is 14.8. The van der Waals surface area contributed by atoms with Crippen LogP contribution in [-0.2, 0) is 15.9 Å². The summed E-state index contributed by atoms with van der Waals surface area (Å²) in [6.07, 6.45) is 0.396. The zero-order valence-electron chi connectivity index (χ0n) is 13.9. The molecule has 0 heterocycles. The fourth-order valence-electron chi connectivity index (χ4n) is 2.70. The van der Waals surface area contributed by atoms with Crippen molar-refractivity contribution >= 4 is 18.5 Å². The molecule has 0 aliphatic heterocycles. The van der Waals surface area contributed by atoms with Crippen LogP contribution in [0.2, 0.25) is 0 Å². The van der Waals surface area contributed by atoms with Gasteiger partial charge in [-0.25, -0.2) is 10.2 Å². The Hall–Kier alpha value is -1.94. The van der Waals surface area contributed by atoms with Gasteiger partial charge in [-0.05, 0) is 12.5 Å². The maximum absolute atomic E-state index is 13.8. The molecule has 2 atom stereocenters. The molecular weight excluding hydrogens is 323 g/mol. The number of rotatable bonds is 7. The van der Waals surface area contributed by atoms with Gasteiger partial charge in [-0.1, -0.05) is 67.6 Å². The summed E-state index contributed by atoms with van der Waals surface area (Å²) in [7, 11) is -2.99. The lowest BCUT2D eigenvalue weighted by atomic mass is 10.2. The largest absolute Gasteiger partial charge is 0.301 e. The van der Waals surface area contributed by atoms with Gasteiger partial charge in [0.05, 0.1) is 6.04 Å². The Morgan fingerprint density at radius 2 is 1.67 bits per heavy atom. The van der Waals surface area contributed by atoms with E-state index in [1.807, 2.05) is 67.6 Å². The van der Waals surface area contributed by atoms with E-state index < -0.39 is 19.2 Å². The molecule has 5 nitrogen and oxygen atoms in total. The van der Waals surface area contributed by atoms with Crippen LogP contribution in [-0.4, -0.2) is 28.0 Å². The van der Waals surface area contributed by atoms with Crippen molar-refractivity contribution in [2.45, 2.75) is 26.4 Å². The van der Waals surface area contributed by atoms with Crippen molar-refractivity contribution in [1.82, 2.24) is 10.2 Å². The first kappa shape index (κ1) is 18.4. The minimum Gasteiger partial charge on any atom is -0.301 e. The van der Waals surface area contributed by atoms with Gasteiger partial charge in [0.25, 0.3) is 5.91 Å². The van der Waals surface area contributed by atoms with Gasteiger partial charge in [0.1, 0.15) is 0 Å². The van der Waals surface area contributed by atoms with Crippen molar-refractivity contribution < 1.29 is 14.6 Å². The van der Waals surface area contributed by atoms with Gasteiger partial charge >= 0.3 is 0 Å². The first-order chi connectivity index (χ1) is 11.5. The maximum atomic E-state index is 13.8. The highest BCUT2D eigenvalue weighted by molar-refractivity contribution is 7.69. The maximum Gasteiger partial charge on any atom is 0.260 e. The van der Waals surface area contributed by atoms with Crippen LogP contribution < -0.4 is 10.8 Å². The van der Waals surface area contributed by atoms with Crippen molar-refractivity contribution in [3.8, 4) is 0 Å². The van der Waals surface area contributed by atoms with Crippen LogP contribution in [0.1, 0.15) is 19.4 Å². The van der Waals surface area contributed by atoms with Crippen LogP contribution in [0.4, 0.5) is 0 Å². The van der Waals surface area contributed by atoms with Crippen molar-refractivity contribution in [1.29, 1.82) is 0 Å². The summed E-state index contributed by atoms with van der Waals surface area (Å²) in [6, 6.07) is 18.1. The number of hydrogen-bond donors (Lipinski definition) is 2. The third-order valence-corrected chi connectivity index (χ3v) is 7.41. The fourth-order valence-corrected chi connectivity index (χ4v) is 5.42. The Balaban J connectivity index is 2.47. The van der Waals surface area contributed by atoms with E-state index in [0.717, 1.165) is 5.56 Å². The van der Waals surface area contributed by atoms with E-state index >= 15 is 0 Å². The van der Waals surface area contributed by atoms with E-state index in [2.05, 4.69) is 0 Å². The number of hydrogen-bond acceptors (Lipinski definition) is 3. The molecule has 0 aliphatic carbocycles. The second kappa shape index (κ2) is 8.25. The fraction of sp³-hybridized carbons (Fsp3) is 0.278. The lowest BCUT2D eigenvalue weighted by Gasteiger charge is -2.35. The van der Waals surface area contributed by atoms with Gasteiger partial charge < -0.3 is 4.57 Å². The Kier molecular flexibility index (Phi) is 6.32. The van der Waals surface area contributed by atoms with Gasteiger partial charge in [0, 0.05) is 18.0 Å². The van der Waals surface area contributed by atoms with Crippen molar-refractivity contribution in [3.63, 3.8) is 0 Å². The number of amides is 1. The number of carbonyl (C=O) groups excluding carboxylic acids is 1.